The summed E-state index contributed by atoms with van der Waals surface area (Å²) in [6.45, 7) is 13.2. The van der Waals surface area contributed by atoms with E-state index < -0.39 is 12.0 Å². The third-order valence-electron chi connectivity index (χ3n) is 3.27. The maximum absolute atomic E-state index is 11.0. The molecule has 0 aromatic rings. The minimum absolute atomic E-state index is 0.116. The average Bonchev–Trinajstić information content (AvgIpc) is 2.02. The highest BCUT2D eigenvalue weighted by molar-refractivity contribution is 5.73. The fourth-order valence-electron chi connectivity index (χ4n) is 1.19. The molecule has 0 aliphatic heterocycles. The first-order valence-electron chi connectivity index (χ1n) is 5.64. The van der Waals surface area contributed by atoms with Crippen LogP contribution in [-0.2, 0) is 4.79 Å². The van der Waals surface area contributed by atoms with Crippen LogP contribution < -0.4 is 5.32 Å². The zero-order valence-electron chi connectivity index (χ0n) is 10.8. The minimum Gasteiger partial charge on any atom is -0.480 e. The van der Waals surface area contributed by atoms with Crippen molar-refractivity contribution in [2.45, 2.75) is 47.6 Å². The molecule has 2 N–H and O–H groups in total. The molecule has 15 heavy (non-hydrogen) atoms. The Labute approximate surface area is 93.3 Å². The first-order chi connectivity index (χ1) is 6.68. The number of carboxylic acid groups (broad SMARTS) is 1. The highest BCUT2D eigenvalue weighted by atomic mass is 16.4. The van der Waals surface area contributed by atoms with E-state index in [1.807, 2.05) is 13.8 Å². The Hall–Kier alpha value is -0.570. The van der Waals surface area contributed by atoms with E-state index in [1.165, 1.54) is 0 Å². The second-order valence-corrected chi connectivity index (χ2v) is 5.58. The van der Waals surface area contributed by atoms with Crippen LogP contribution in [0.15, 0.2) is 0 Å². The zero-order valence-corrected chi connectivity index (χ0v) is 10.8. The molecule has 1 unspecified atom stereocenters. The summed E-state index contributed by atoms with van der Waals surface area (Å²) in [6.07, 6.45) is 0. The van der Waals surface area contributed by atoms with Gasteiger partial charge in [-0.05, 0) is 17.3 Å². The van der Waals surface area contributed by atoms with E-state index in [4.69, 9.17) is 5.11 Å². The van der Waals surface area contributed by atoms with Crippen molar-refractivity contribution in [2.24, 2.45) is 17.3 Å². The quantitative estimate of drug-likeness (QED) is 0.715. The van der Waals surface area contributed by atoms with Gasteiger partial charge in [-0.3, -0.25) is 4.79 Å². The number of carbonyl (C=O) groups is 1. The Morgan fingerprint density at radius 3 is 2.00 bits per heavy atom. The first-order valence-corrected chi connectivity index (χ1v) is 5.64. The van der Waals surface area contributed by atoms with Crippen LogP contribution in [0.5, 0.6) is 0 Å². The summed E-state index contributed by atoms with van der Waals surface area (Å²) < 4.78 is 0. The van der Waals surface area contributed by atoms with Crippen molar-refractivity contribution < 1.29 is 9.90 Å². The lowest BCUT2D eigenvalue weighted by atomic mass is 9.81. The summed E-state index contributed by atoms with van der Waals surface area (Å²) in [5.41, 5.74) is 0.128. The summed E-state index contributed by atoms with van der Waals surface area (Å²) in [4.78, 5) is 11.0. The summed E-state index contributed by atoms with van der Waals surface area (Å²) >= 11 is 0. The van der Waals surface area contributed by atoms with Gasteiger partial charge in [0.25, 0.3) is 0 Å². The maximum atomic E-state index is 11.0. The van der Waals surface area contributed by atoms with Gasteiger partial charge in [0.2, 0.25) is 0 Å². The SMILES string of the molecule is CC(C)C(NCC(C)(C)C(C)C)C(=O)O. The van der Waals surface area contributed by atoms with Crippen LogP contribution in [0.1, 0.15) is 41.5 Å². The summed E-state index contributed by atoms with van der Waals surface area (Å²) in [6, 6.07) is -0.442. The topological polar surface area (TPSA) is 49.3 Å². The van der Waals surface area contributed by atoms with Gasteiger partial charge in [0.1, 0.15) is 6.04 Å². The summed E-state index contributed by atoms with van der Waals surface area (Å²) in [7, 11) is 0. The second kappa shape index (κ2) is 5.50. The Morgan fingerprint density at radius 1 is 1.27 bits per heavy atom. The molecule has 3 nitrogen and oxygen atoms in total. The molecule has 0 radical (unpaired) electrons. The van der Waals surface area contributed by atoms with Crippen molar-refractivity contribution >= 4 is 5.97 Å². The van der Waals surface area contributed by atoms with Crippen LogP contribution in [0.25, 0.3) is 0 Å². The monoisotopic (exact) mass is 215 g/mol. The minimum atomic E-state index is -0.760. The predicted octanol–water partition coefficient (Wildman–Crippen LogP) is 2.37. The van der Waals surface area contributed by atoms with Crippen LogP contribution in [0, 0.1) is 17.3 Å². The maximum Gasteiger partial charge on any atom is 0.320 e. The van der Waals surface area contributed by atoms with E-state index in [1.54, 1.807) is 0 Å². The first kappa shape index (κ1) is 14.4. The van der Waals surface area contributed by atoms with Crippen LogP contribution in [-0.4, -0.2) is 23.7 Å². The molecule has 0 saturated heterocycles. The fraction of sp³-hybridized carbons (Fsp3) is 0.917. The molecule has 0 aliphatic rings. The standard InChI is InChI=1S/C12H25NO2/c1-8(2)10(11(14)15)13-7-12(5,6)9(3)4/h8-10,13H,7H2,1-6H3,(H,14,15). The van der Waals surface area contributed by atoms with Gasteiger partial charge in [-0.1, -0.05) is 41.5 Å². The van der Waals surface area contributed by atoms with Crippen molar-refractivity contribution in [3.63, 3.8) is 0 Å². The molecule has 0 amide bonds. The summed E-state index contributed by atoms with van der Waals surface area (Å²) in [5, 5.41) is 12.2. The van der Waals surface area contributed by atoms with Crippen LogP contribution >= 0.6 is 0 Å². The molecule has 0 saturated carbocycles. The number of carboxylic acids is 1. The van der Waals surface area contributed by atoms with E-state index in [0.29, 0.717) is 5.92 Å². The Balaban J connectivity index is 4.28. The molecule has 0 bridgehead atoms. The van der Waals surface area contributed by atoms with Gasteiger partial charge in [0.05, 0.1) is 0 Å². The van der Waals surface area contributed by atoms with Gasteiger partial charge in [-0.2, -0.15) is 0 Å². The normalized spacial score (nSPS) is 14.7. The smallest absolute Gasteiger partial charge is 0.320 e. The molecule has 0 fully saturated rings. The lowest BCUT2D eigenvalue weighted by molar-refractivity contribution is -0.140. The van der Waals surface area contributed by atoms with Crippen molar-refractivity contribution in [3.8, 4) is 0 Å². The third-order valence-corrected chi connectivity index (χ3v) is 3.27. The molecule has 0 rings (SSSR count). The van der Waals surface area contributed by atoms with Crippen molar-refractivity contribution in [1.82, 2.24) is 5.32 Å². The van der Waals surface area contributed by atoms with Crippen molar-refractivity contribution in [2.75, 3.05) is 6.54 Å². The van der Waals surface area contributed by atoms with E-state index in [9.17, 15) is 4.79 Å². The zero-order chi connectivity index (χ0) is 12.2. The molecule has 0 aromatic carbocycles. The third kappa shape index (κ3) is 4.65. The highest BCUT2D eigenvalue weighted by Crippen LogP contribution is 2.25. The van der Waals surface area contributed by atoms with Crippen LogP contribution in [0.4, 0.5) is 0 Å². The Kier molecular flexibility index (Phi) is 5.29. The average molecular weight is 215 g/mol. The van der Waals surface area contributed by atoms with Gasteiger partial charge in [-0.25, -0.2) is 0 Å². The second-order valence-electron chi connectivity index (χ2n) is 5.58. The molecular formula is C12H25NO2. The van der Waals surface area contributed by atoms with E-state index in [0.717, 1.165) is 6.54 Å². The number of hydrogen-bond acceptors (Lipinski definition) is 2. The van der Waals surface area contributed by atoms with Crippen LogP contribution in [0.3, 0.4) is 0 Å². The van der Waals surface area contributed by atoms with Gasteiger partial charge in [0.15, 0.2) is 0 Å². The number of rotatable bonds is 6. The lowest BCUT2D eigenvalue weighted by Gasteiger charge is -2.31. The molecule has 90 valence electrons. The largest absolute Gasteiger partial charge is 0.480 e. The molecular weight excluding hydrogens is 190 g/mol. The highest BCUT2D eigenvalue weighted by Gasteiger charge is 2.27. The van der Waals surface area contributed by atoms with Crippen molar-refractivity contribution in [3.05, 3.63) is 0 Å². The molecule has 1 atom stereocenters. The molecule has 0 heterocycles. The van der Waals surface area contributed by atoms with E-state index >= 15 is 0 Å². The Bertz CT molecular complexity index is 210. The molecule has 3 heteroatoms. The van der Waals surface area contributed by atoms with E-state index in [2.05, 4.69) is 33.0 Å². The molecule has 0 aromatic heterocycles. The van der Waals surface area contributed by atoms with Gasteiger partial charge >= 0.3 is 5.97 Å². The molecule has 0 aliphatic carbocycles. The fourth-order valence-corrected chi connectivity index (χ4v) is 1.19. The number of nitrogens with one attached hydrogen (secondary N) is 1. The summed E-state index contributed by atoms with van der Waals surface area (Å²) in [5.74, 6) is -0.110. The van der Waals surface area contributed by atoms with Crippen LogP contribution in [0.2, 0.25) is 0 Å². The van der Waals surface area contributed by atoms with Gasteiger partial charge < -0.3 is 10.4 Å². The molecule has 0 spiro atoms. The lowest BCUT2D eigenvalue weighted by Crippen LogP contribution is -2.46. The number of aliphatic carboxylic acids is 1. The number of hydrogen-bond donors (Lipinski definition) is 2. The predicted molar refractivity (Wildman–Crippen MR) is 62.9 cm³/mol. The van der Waals surface area contributed by atoms with Crippen molar-refractivity contribution in [1.29, 1.82) is 0 Å². The Morgan fingerprint density at radius 2 is 1.73 bits per heavy atom. The van der Waals surface area contributed by atoms with Gasteiger partial charge in [-0.15, -0.1) is 0 Å². The van der Waals surface area contributed by atoms with Gasteiger partial charge in [0, 0.05) is 6.54 Å². The van der Waals surface area contributed by atoms with E-state index in [-0.39, 0.29) is 11.3 Å².